The second-order valence-electron chi connectivity index (χ2n) is 4.85. The van der Waals surface area contributed by atoms with E-state index in [-0.39, 0.29) is 0 Å². The van der Waals surface area contributed by atoms with Crippen molar-refractivity contribution in [2.45, 2.75) is 41.0 Å². The van der Waals surface area contributed by atoms with Gasteiger partial charge in [0.15, 0.2) is 0 Å². The Morgan fingerprint density at radius 1 is 1.24 bits per heavy atom. The summed E-state index contributed by atoms with van der Waals surface area (Å²) in [6, 6.07) is 2.17. The molecule has 0 radical (unpaired) electrons. The zero-order valence-corrected chi connectivity index (χ0v) is 12.5. The summed E-state index contributed by atoms with van der Waals surface area (Å²) in [7, 11) is 0. The third-order valence-corrected chi connectivity index (χ3v) is 4.00. The molecule has 1 aromatic rings. The molecule has 1 unspecified atom stereocenters. The summed E-state index contributed by atoms with van der Waals surface area (Å²) in [5, 5.41) is 0. The summed E-state index contributed by atoms with van der Waals surface area (Å²) >= 11 is 4.37. The predicted octanol–water partition coefficient (Wildman–Crippen LogP) is 4.12. The minimum atomic E-state index is 0.619. The van der Waals surface area contributed by atoms with E-state index in [4.69, 9.17) is 4.74 Å². The van der Waals surface area contributed by atoms with Gasteiger partial charge in [0.1, 0.15) is 5.75 Å². The van der Waals surface area contributed by atoms with Crippen molar-refractivity contribution in [1.82, 2.24) is 0 Å². The third-order valence-electron chi connectivity index (χ3n) is 3.37. The SMILES string of the molecule is CCOc1cc(C)c(CC(C)CS)c(C)c1C. The molecule has 0 aromatic heterocycles. The third kappa shape index (κ3) is 3.41. The Labute approximate surface area is 111 Å². The molecule has 17 heavy (non-hydrogen) atoms. The molecule has 0 aliphatic carbocycles. The zero-order valence-electron chi connectivity index (χ0n) is 11.6. The van der Waals surface area contributed by atoms with Crippen molar-refractivity contribution >= 4 is 12.6 Å². The Hall–Kier alpha value is -0.630. The Morgan fingerprint density at radius 3 is 2.41 bits per heavy atom. The van der Waals surface area contributed by atoms with E-state index in [2.05, 4.69) is 46.4 Å². The molecule has 96 valence electrons. The number of thiol groups is 1. The largest absolute Gasteiger partial charge is 0.494 e. The zero-order chi connectivity index (χ0) is 13.0. The monoisotopic (exact) mass is 252 g/mol. The van der Waals surface area contributed by atoms with Crippen LogP contribution in [0.5, 0.6) is 5.75 Å². The van der Waals surface area contributed by atoms with Crippen LogP contribution in [0.1, 0.15) is 36.1 Å². The normalized spacial score (nSPS) is 12.6. The van der Waals surface area contributed by atoms with Crippen molar-refractivity contribution in [2.75, 3.05) is 12.4 Å². The first kappa shape index (κ1) is 14.4. The summed E-state index contributed by atoms with van der Waals surface area (Å²) in [5.41, 5.74) is 5.46. The van der Waals surface area contributed by atoms with Crippen LogP contribution < -0.4 is 4.74 Å². The molecule has 0 heterocycles. The molecular weight excluding hydrogens is 228 g/mol. The van der Waals surface area contributed by atoms with Gasteiger partial charge in [-0.15, -0.1) is 0 Å². The van der Waals surface area contributed by atoms with Crippen LogP contribution in [0.15, 0.2) is 6.07 Å². The molecule has 0 aliphatic rings. The lowest BCUT2D eigenvalue weighted by Gasteiger charge is -2.18. The first-order valence-corrected chi connectivity index (χ1v) is 6.97. The molecule has 0 fully saturated rings. The van der Waals surface area contributed by atoms with Crippen LogP contribution in [0.25, 0.3) is 0 Å². The first-order valence-electron chi connectivity index (χ1n) is 6.34. The highest BCUT2D eigenvalue weighted by Crippen LogP contribution is 2.29. The maximum atomic E-state index is 5.67. The summed E-state index contributed by atoms with van der Waals surface area (Å²) in [4.78, 5) is 0. The molecule has 0 spiro atoms. The summed E-state index contributed by atoms with van der Waals surface area (Å²) < 4.78 is 5.67. The van der Waals surface area contributed by atoms with Gasteiger partial charge in [0.05, 0.1) is 6.61 Å². The summed E-state index contributed by atoms with van der Waals surface area (Å²) in [5.74, 6) is 2.59. The Kier molecular flexibility index (Phi) is 5.38. The van der Waals surface area contributed by atoms with Crippen molar-refractivity contribution < 1.29 is 4.74 Å². The predicted molar refractivity (Wildman–Crippen MR) is 78.5 cm³/mol. The lowest BCUT2D eigenvalue weighted by Crippen LogP contribution is -2.07. The maximum Gasteiger partial charge on any atom is 0.122 e. The standard InChI is InChI=1S/C15H24OS/c1-6-16-15-8-11(3)14(7-10(2)9-17)12(4)13(15)5/h8,10,17H,6-7,9H2,1-5H3. The van der Waals surface area contributed by atoms with E-state index in [0.717, 1.165) is 24.5 Å². The molecule has 0 amide bonds. The highest BCUT2D eigenvalue weighted by atomic mass is 32.1. The number of benzene rings is 1. The number of hydrogen-bond acceptors (Lipinski definition) is 2. The lowest BCUT2D eigenvalue weighted by atomic mass is 9.91. The van der Waals surface area contributed by atoms with Gasteiger partial charge >= 0.3 is 0 Å². The van der Waals surface area contributed by atoms with Crippen LogP contribution in [0.3, 0.4) is 0 Å². The number of aryl methyl sites for hydroxylation is 1. The van der Waals surface area contributed by atoms with Crippen molar-refractivity contribution in [1.29, 1.82) is 0 Å². The number of hydrogen-bond donors (Lipinski definition) is 1. The molecular formula is C15H24OS. The van der Waals surface area contributed by atoms with E-state index in [0.29, 0.717) is 5.92 Å². The van der Waals surface area contributed by atoms with Crippen LogP contribution >= 0.6 is 12.6 Å². The molecule has 0 saturated carbocycles. The molecule has 1 nitrogen and oxygen atoms in total. The first-order chi connectivity index (χ1) is 8.01. The van der Waals surface area contributed by atoms with Gasteiger partial charge in [-0.05, 0) is 74.1 Å². The molecule has 0 saturated heterocycles. The van der Waals surface area contributed by atoms with Crippen molar-refractivity contribution in [3.63, 3.8) is 0 Å². The van der Waals surface area contributed by atoms with Gasteiger partial charge < -0.3 is 4.74 Å². The average molecular weight is 252 g/mol. The number of rotatable bonds is 5. The smallest absolute Gasteiger partial charge is 0.122 e. The van der Waals surface area contributed by atoms with Gasteiger partial charge in [0, 0.05) is 0 Å². The molecule has 0 aliphatic heterocycles. The quantitative estimate of drug-likeness (QED) is 0.776. The van der Waals surface area contributed by atoms with Crippen LogP contribution in [0.4, 0.5) is 0 Å². The van der Waals surface area contributed by atoms with Crippen molar-refractivity contribution in [3.05, 3.63) is 28.3 Å². The highest BCUT2D eigenvalue weighted by Gasteiger charge is 2.13. The van der Waals surface area contributed by atoms with Gasteiger partial charge in [0.2, 0.25) is 0 Å². The van der Waals surface area contributed by atoms with Crippen molar-refractivity contribution in [3.8, 4) is 5.75 Å². The molecule has 1 aromatic carbocycles. The lowest BCUT2D eigenvalue weighted by molar-refractivity contribution is 0.337. The molecule has 1 atom stereocenters. The Balaban J connectivity index is 3.11. The fraction of sp³-hybridized carbons (Fsp3) is 0.600. The molecule has 2 heteroatoms. The van der Waals surface area contributed by atoms with E-state index in [1.54, 1.807) is 0 Å². The molecule has 0 bridgehead atoms. The van der Waals surface area contributed by atoms with Crippen LogP contribution in [-0.4, -0.2) is 12.4 Å². The summed E-state index contributed by atoms with van der Waals surface area (Å²) in [6.45, 7) is 11.5. The highest BCUT2D eigenvalue weighted by molar-refractivity contribution is 7.80. The van der Waals surface area contributed by atoms with Gasteiger partial charge in [-0.2, -0.15) is 12.6 Å². The molecule has 1 rings (SSSR count). The van der Waals surface area contributed by atoms with E-state index in [9.17, 15) is 0 Å². The van der Waals surface area contributed by atoms with Crippen LogP contribution in [0.2, 0.25) is 0 Å². The average Bonchev–Trinajstić information content (AvgIpc) is 2.31. The van der Waals surface area contributed by atoms with E-state index in [1.807, 2.05) is 6.92 Å². The topological polar surface area (TPSA) is 9.23 Å². The van der Waals surface area contributed by atoms with Gasteiger partial charge in [-0.25, -0.2) is 0 Å². The second-order valence-corrected chi connectivity index (χ2v) is 5.21. The summed E-state index contributed by atoms with van der Waals surface area (Å²) in [6.07, 6.45) is 1.11. The van der Waals surface area contributed by atoms with Gasteiger partial charge in [-0.3, -0.25) is 0 Å². The van der Waals surface area contributed by atoms with E-state index >= 15 is 0 Å². The van der Waals surface area contributed by atoms with Crippen molar-refractivity contribution in [2.24, 2.45) is 5.92 Å². The Bertz CT molecular complexity index is 385. The second kappa shape index (κ2) is 6.34. The van der Waals surface area contributed by atoms with Crippen LogP contribution in [-0.2, 0) is 6.42 Å². The fourth-order valence-electron chi connectivity index (χ4n) is 2.13. The molecule has 0 N–H and O–H groups in total. The number of ether oxygens (including phenoxy) is 1. The van der Waals surface area contributed by atoms with E-state index < -0.39 is 0 Å². The van der Waals surface area contributed by atoms with Gasteiger partial charge in [0.25, 0.3) is 0 Å². The maximum absolute atomic E-state index is 5.67. The van der Waals surface area contributed by atoms with E-state index in [1.165, 1.54) is 22.3 Å². The fourth-order valence-corrected chi connectivity index (χ4v) is 2.26. The van der Waals surface area contributed by atoms with Gasteiger partial charge in [-0.1, -0.05) is 6.92 Å². The minimum absolute atomic E-state index is 0.619. The van der Waals surface area contributed by atoms with Crippen LogP contribution in [0, 0.1) is 26.7 Å². The minimum Gasteiger partial charge on any atom is -0.494 e. The Morgan fingerprint density at radius 2 is 1.88 bits per heavy atom.